The molecule has 1 fully saturated rings. The van der Waals surface area contributed by atoms with Crippen molar-refractivity contribution in [1.29, 1.82) is 0 Å². The first-order valence-corrected chi connectivity index (χ1v) is 9.51. The Bertz CT molecular complexity index is 878. The maximum absolute atomic E-state index is 12.3. The largest absolute Gasteiger partial charge is 0.489 e. The predicted octanol–water partition coefficient (Wildman–Crippen LogP) is 5.31. The predicted molar refractivity (Wildman–Crippen MR) is 112 cm³/mol. The average Bonchev–Trinajstić information content (AvgIpc) is 2.90. The second-order valence-electron chi connectivity index (χ2n) is 5.53. The fourth-order valence-electron chi connectivity index (χ4n) is 2.37. The van der Waals surface area contributed by atoms with Crippen LogP contribution < -0.4 is 4.74 Å². The number of thioether (sulfide) groups is 1. The van der Waals surface area contributed by atoms with Gasteiger partial charge in [0.25, 0.3) is 5.91 Å². The van der Waals surface area contributed by atoms with Crippen molar-refractivity contribution in [3.05, 3.63) is 82.2 Å². The van der Waals surface area contributed by atoms with E-state index in [4.69, 9.17) is 28.6 Å². The van der Waals surface area contributed by atoms with E-state index in [1.165, 1.54) is 11.8 Å². The molecule has 1 aliphatic heterocycles. The van der Waals surface area contributed by atoms with Gasteiger partial charge in [-0.05, 0) is 29.8 Å². The number of halogens is 1. The number of amides is 1. The minimum absolute atomic E-state index is 0.0843. The van der Waals surface area contributed by atoms with E-state index in [0.717, 1.165) is 16.9 Å². The topological polar surface area (TPSA) is 29.5 Å². The smallest absolute Gasteiger partial charge is 0.266 e. The molecule has 0 bridgehead atoms. The van der Waals surface area contributed by atoms with E-state index in [0.29, 0.717) is 27.4 Å². The van der Waals surface area contributed by atoms with Gasteiger partial charge in [0, 0.05) is 17.1 Å². The standard InChI is InChI=1S/C20H16ClNO2S2/c1-2-11-22-19(23)18(26-20(22)25)12-14-7-9-16(10-8-14)24-13-15-5-3-4-6-17(15)21/h2-10,12H,1,11,13H2. The minimum Gasteiger partial charge on any atom is -0.489 e. The first-order chi connectivity index (χ1) is 12.6. The number of ether oxygens (including phenoxy) is 1. The maximum atomic E-state index is 12.3. The van der Waals surface area contributed by atoms with Gasteiger partial charge in [0.1, 0.15) is 16.7 Å². The van der Waals surface area contributed by atoms with Crippen LogP contribution in [0.4, 0.5) is 0 Å². The third kappa shape index (κ3) is 4.36. The van der Waals surface area contributed by atoms with Crippen LogP contribution in [0.3, 0.4) is 0 Å². The molecule has 0 atom stereocenters. The van der Waals surface area contributed by atoms with Crippen LogP contribution >= 0.6 is 35.6 Å². The lowest BCUT2D eigenvalue weighted by molar-refractivity contribution is -0.121. The molecule has 1 amide bonds. The molecule has 0 unspecified atom stereocenters. The highest BCUT2D eigenvalue weighted by Gasteiger charge is 2.30. The molecule has 3 rings (SSSR count). The summed E-state index contributed by atoms with van der Waals surface area (Å²) in [6.07, 6.45) is 3.50. The molecule has 26 heavy (non-hydrogen) atoms. The van der Waals surface area contributed by atoms with Gasteiger partial charge in [0.05, 0.1) is 4.91 Å². The molecule has 0 N–H and O–H groups in total. The van der Waals surface area contributed by atoms with Gasteiger partial charge in [-0.3, -0.25) is 9.69 Å². The van der Waals surface area contributed by atoms with Gasteiger partial charge in [-0.2, -0.15) is 0 Å². The Morgan fingerprint density at radius 3 is 2.62 bits per heavy atom. The molecule has 0 aliphatic carbocycles. The molecule has 0 spiro atoms. The zero-order chi connectivity index (χ0) is 18.5. The highest BCUT2D eigenvalue weighted by Crippen LogP contribution is 2.32. The number of benzene rings is 2. The molecule has 0 aromatic heterocycles. The van der Waals surface area contributed by atoms with Crippen LogP contribution in [0.5, 0.6) is 5.75 Å². The number of carbonyl (C=O) groups is 1. The van der Waals surface area contributed by atoms with E-state index in [1.54, 1.807) is 11.0 Å². The lowest BCUT2D eigenvalue weighted by Crippen LogP contribution is -2.27. The Hall–Kier alpha value is -2.08. The van der Waals surface area contributed by atoms with E-state index in [2.05, 4.69) is 6.58 Å². The van der Waals surface area contributed by atoms with E-state index in [9.17, 15) is 4.79 Å². The van der Waals surface area contributed by atoms with Crippen molar-refractivity contribution in [2.24, 2.45) is 0 Å². The molecule has 1 heterocycles. The summed E-state index contributed by atoms with van der Waals surface area (Å²) >= 11 is 12.7. The van der Waals surface area contributed by atoms with E-state index >= 15 is 0 Å². The van der Waals surface area contributed by atoms with Gasteiger partial charge in [0.2, 0.25) is 0 Å². The molecule has 2 aromatic rings. The Balaban J connectivity index is 1.66. The number of hydrogen-bond donors (Lipinski definition) is 0. The van der Waals surface area contributed by atoms with Gasteiger partial charge in [-0.1, -0.05) is 72.0 Å². The Morgan fingerprint density at radius 1 is 1.19 bits per heavy atom. The third-order valence-corrected chi connectivity index (χ3v) is 5.46. The molecule has 3 nitrogen and oxygen atoms in total. The van der Waals surface area contributed by atoms with Crippen molar-refractivity contribution in [1.82, 2.24) is 4.90 Å². The Labute approximate surface area is 167 Å². The van der Waals surface area contributed by atoms with Gasteiger partial charge in [0.15, 0.2) is 0 Å². The van der Waals surface area contributed by atoms with Gasteiger partial charge in [-0.25, -0.2) is 0 Å². The summed E-state index contributed by atoms with van der Waals surface area (Å²) in [5, 5.41) is 0.686. The number of carbonyl (C=O) groups excluding carboxylic acids is 1. The minimum atomic E-state index is -0.0843. The van der Waals surface area contributed by atoms with Crippen LogP contribution in [-0.4, -0.2) is 21.7 Å². The highest BCUT2D eigenvalue weighted by atomic mass is 35.5. The normalized spacial score (nSPS) is 15.6. The summed E-state index contributed by atoms with van der Waals surface area (Å²) in [4.78, 5) is 14.5. The zero-order valence-corrected chi connectivity index (χ0v) is 16.2. The SMILES string of the molecule is C=CCN1C(=O)C(=Cc2ccc(OCc3ccccc3Cl)cc2)SC1=S. The van der Waals surface area contributed by atoms with E-state index < -0.39 is 0 Å². The number of rotatable bonds is 6. The molecule has 1 aliphatic rings. The Kier molecular flexibility index (Phi) is 6.14. The van der Waals surface area contributed by atoms with Crippen LogP contribution in [-0.2, 0) is 11.4 Å². The molecule has 2 aromatic carbocycles. The van der Waals surface area contributed by atoms with Crippen molar-refractivity contribution < 1.29 is 9.53 Å². The molecule has 1 saturated heterocycles. The number of nitrogens with zero attached hydrogens (tertiary/aromatic N) is 1. The monoisotopic (exact) mass is 401 g/mol. The van der Waals surface area contributed by atoms with Crippen molar-refractivity contribution >= 4 is 51.9 Å². The summed E-state index contributed by atoms with van der Waals surface area (Å²) in [6, 6.07) is 15.1. The fourth-order valence-corrected chi connectivity index (χ4v) is 3.84. The van der Waals surface area contributed by atoms with Gasteiger partial charge < -0.3 is 4.74 Å². The van der Waals surface area contributed by atoms with Crippen LogP contribution in [0.1, 0.15) is 11.1 Å². The first kappa shape index (κ1) is 18.7. The molecular formula is C20H16ClNO2S2. The summed E-state index contributed by atoms with van der Waals surface area (Å²) in [5.74, 6) is 0.653. The third-order valence-electron chi connectivity index (χ3n) is 3.72. The Morgan fingerprint density at radius 2 is 1.92 bits per heavy atom. The lowest BCUT2D eigenvalue weighted by atomic mass is 10.2. The number of thiocarbonyl (C=S) groups is 1. The van der Waals surface area contributed by atoms with Crippen molar-refractivity contribution in [3.8, 4) is 5.75 Å². The zero-order valence-electron chi connectivity index (χ0n) is 13.9. The molecule has 132 valence electrons. The second kappa shape index (κ2) is 8.54. The highest BCUT2D eigenvalue weighted by molar-refractivity contribution is 8.26. The van der Waals surface area contributed by atoms with Gasteiger partial charge in [-0.15, -0.1) is 6.58 Å². The van der Waals surface area contributed by atoms with Crippen LogP contribution in [0.2, 0.25) is 5.02 Å². The summed E-state index contributed by atoms with van der Waals surface area (Å²) in [6.45, 7) is 4.48. The average molecular weight is 402 g/mol. The summed E-state index contributed by atoms with van der Waals surface area (Å²) in [7, 11) is 0. The fraction of sp³-hybridized carbons (Fsp3) is 0.100. The second-order valence-corrected chi connectivity index (χ2v) is 7.61. The first-order valence-electron chi connectivity index (χ1n) is 7.91. The van der Waals surface area contributed by atoms with Crippen molar-refractivity contribution in [2.75, 3.05) is 6.54 Å². The lowest BCUT2D eigenvalue weighted by Gasteiger charge is -2.10. The number of hydrogen-bond acceptors (Lipinski definition) is 4. The quantitative estimate of drug-likeness (QED) is 0.373. The van der Waals surface area contributed by atoms with Crippen LogP contribution in [0.25, 0.3) is 6.08 Å². The molecular weight excluding hydrogens is 386 g/mol. The van der Waals surface area contributed by atoms with Crippen molar-refractivity contribution in [2.45, 2.75) is 6.61 Å². The van der Waals surface area contributed by atoms with Crippen LogP contribution in [0, 0.1) is 0 Å². The maximum Gasteiger partial charge on any atom is 0.266 e. The van der Waals surface area contributed by atoms with E-state index in [-0.39, 0.29) is 5.91 Å². The van der Waals surface area contributed by atoms with Crippen LogP contribution in [0.15, 0.2) is 66.1 Å². The van der Waals surface area contributed by atoms with E-state index in [1.807, 2.05) is 54.6 Å². The van der Waals surface area contributed by atoms with Gasteiger partial charge >= 0.3 is 0 Å². The van der Waals surface area contributed by atoms with Crippen molar-refractivity contribution in [3.63, 3.8) is 0 Å². The summed E-state index contributed by atoms with van der Waals surface area (Å²) in [5.41, 5.74) is 1.85. The molecule has 6 heteroatoms. The molecule has 0 radical (unpaired) electrons. The molecule has 0 saturated carbocycles. The summed E-state index contributed by atoms with van der Waals surface area (Å²) < 4.78 is 6.32.